The molecule has 0 saturated heterocycles. The molecule has 0 atom stereocenters. The minimum atomic E-state index is -0.661. The number of aromatic nitrogens is 6. The van der Waals surface area contributed by atoms with E-state index in [9.17, 15) is 4.79 Å². The van der Waals surface area contributed by atoms with Gasteiger partial charge >= 0.3 is 6.09 Å². The molecule has 172 valence electrons. The van der Waals surface area contributed by atoms with E-state index in [4.69, 9.17) is 4.74 Å². The van der Waals surface area contributed by atoms with Gasteiger partial charge in [0.05, 0.1) is 18.1 Å². The summed E-state index contributed by atoms with van der Waals surface area (Å²) in [5.74, 6) is 2.17. The lowest BCUT2D eigenvalue weighted by atomic mass is 10.2. The molecule has 0 aliphatic heterocycles. The molecule has 4 aromatic rings. The standard InChI is InChI=1S/C23H23N9O2/c1-14-3-4-17(30-23(33)34-21-12-25-15(2)11-26-21)9-18(14)31-22-24-7-8-32(22)20-10-19(27-13-28-20)29-16-5-6-16/h3-4,7-13,16H,5-6H2,1-2H3,(H,24,31)(H,30,33)(H,27,28,29). The Labute approximate surface area is 195 Å². The van der Waals surface area contributed by atoms with E-state index in [2.05, 4.69) is 40.9 Å². The maximum absolute atomic E-state index is 12.3. The molecule has 0 radical (unpaired) electrons. The number of nitrogens with zero attached hydrogens (tertiary/aromatic N) is 6. The lowest BCUT2D eigenvalue weighted by Gasteiger charge is -2.14. The Hall–Kier alpha value is -4.54. The van der Waals surface area contributed by atoms with E-state index in [0.29, 0.717) is 23.5 Å². The first-order valence-corrected chi connectivity index (χ1v) is 10.8. The summed E-state index contributed by atoms with van der Waals surface area (Å²) >= 11 is 0. The number of carbonyl (C=O) groups is 1. The number of anilines is 4. The van der Waals surface area contributed by atoms with E-state index in [1.54, 1.807) is 25.3 Å². The maximum atomic E-state index is 12.3. The Balaban J connectivity index is 1.31. The molecule has 1 fully saturated rings. The summed E-state index contributed by atoms with van der Waals surface area (Å²) in [5.41, 5.74) is 3.02. The van der Waals surface area contributed by atoms with Gasteiger partial charge in [-0.15, -0.1) is 0 Å². The van der Waals surface area contributed by atoms with Crippen molar-refractivity contribution < 1.29 is 9.53 Å². The van der Waals surface area contributed by atoms with Gasteiger partial charge in [0.2, 0.25) is 11.8 Å². The average Bonchev–Trinajstić information content (AvgIpc) is 3.52. The van der Waals surface area contributed by atoms with E-state index in [-0.39, 0.29) is 5.88 Å². The van der Waals surface area contributed by atoms with Crippen molar-refractivity contribution in [2.75, 3.05) is 16.0 Å². The molecule has 34 heavy (non-hydrogen) atoms. The van der Waals surface area contributed by atoms with E-state index < -0.39 is 6.09 Å². The molecule has 0 spiro atoms. The number of aryl methyl sites for hydroxylation is 2. The van der Waals surface area contributed by atoms with Gasteiger partial charge in [-0.25, -0.2) is 24.7 Å². The van der Waals surface area contributed by atoms with Gasteiger partial charge in [0.25, 0.3) is 0 Å². The predicted molar refractivity (Wildman–Crippen MR) is 127 cm³/mol. The van der Waals surface area contributed by atoms with Crippen LogP contribution in [0.2, 0.25) is 0 Å². The summed E-state index contributed by atoms with van der Waals surface area (Å²) in [5, 5.41) is 9.40. The van der Waals surface area contributed by atoms with Crippen molar-refractivity contribution in [1.29, 1.82) is 0 Å². The van der Waals surface area contributed by atoms with Gasteiger partial charge < -0.3 is 15.4 Å². The van der Waals surface area contributed by atoms with Gasteiger partial charge in [0.1, 0.15) is 18.0 Å². The predicted octanol–water partition coefficient (Wildman–Crippen LogP) is 4.00. The van der Waals surface area contributed by atoms with Crippen LogP contribution in [-0.4, -0.2) is 41.6 Å². The van der Waals surface area contributed by atoms with E-state index >= 15 is 0 Å². The number of ether oxygens (including phenoxy) is 1. The third-order valence-corrected chi connectivity index (χ3v) is 5.15. The van der Waals surface area contributed by atoms with Crippen LogP contribution in [0.3, 0.4) is 0 Å². The van der Waals surface area contributed by atoms with Gasteiger partial charge in [-0.05, 0) is 44.4 Å². The molecular formula is C23H23N9O2. The van der Waals surface area contributed by atoms with Crippen molar-refractivity contribution in [2.24, 2.45) is 0 Å². The van der Waals surface area contributed by atoms with Crippen LogP contribution in [0.15, 0.2) is 55.4 Å². The highest BCUT2D eigenvalue weighted by Crippen LogP contribution is 2.27. The van der Waals surface area contributed by atoms with Crippen LogP contribution in [0.1, 0.15) is 24.1 Å². The summed E-state index contributed by atoms with van der Waals surface area (Å²) in [6.45, 7) is 3.76. The van der Waals surface area contributed by atoms with Gasteiger partial charge in [-0.2, -0.15) is 0 Å². The van der Waals surface area contributed by atoms with E-state index in [1.165, 1.54) is 18.7 Å². The highest BCUT2D eigenvalue weighted by atomic mass is 16.6. The number of nitrogens with one attached hydrogen (secondary N) is 3. The van der Waals surface area contributed by atoms with Gasteiger partial charge in [-0.1, -0.05) is 6.07 Å². The number of hydrogen-bond acceptors (Lipinski definition) is 9. The van der Waals surface area contributed by atoms with Crippen LogP contribution >= 0.6 is 0 Å². The van der Waals surface area contributed by atoms with Crippen LogP contribution < -0.4 is 20.7 Å². The fourth-order valence-electron chi connectivity index (χ4n) is 3.20. The largest absolute Gasteiger partial charge is 0.418 e. The Bertz CT molecular complexity index is 1320. The average molecular weight is 457 g/mol. The zero-order chi connectivity index (χ0) is 23.5. The molecule has 0 unspecified atom stereocenters. The second-order valence-electron chi connectivity index (χ2n) is 7.97. The van der Waals surface area contributed by atoms with Crippen LogP contribution in [0.25, 0.3) is 5.82 Å². The Morgan fingerprint density at radius 1 is 1.06 bits per heavy atom. The molecule has 3 aromatic heterocycles. The minimum absolute atomic E-state index is 0.121. The first kappa shape index (κ1) is 21.3. The first-order chi connectivity index (χ1) is 16.5. The first-order valence-electron chi connectivity index (χ1n) is 10.8. The summed E-state index contributed by atoms with van der Waals surface area (Å²) in [6.07, 6.45) is 9.63. The zero-order valence-electron chi connectivity index (χ0n) is 18.7. The monoisotopic (exact) mass is 457 g/mol. The van der Waals surface area contributed by atoms with Crippen molar-refractivity contribution in [3.05, 3.63) is 66.6 Å². The van der Waals surface area contributed by atoms with Gasteiger partial charge in [0.15, 0.2) is 0 Å². The summed E-state index contributed by atoms with van der Waals surface area (Å²) in [7, 11) is 0. The highest BCUT2D eigenvalue weighted by molar-refractivity contribution is 5.87. The van der Waals surface area contributed by atoms with E-state index in [0.717, 1.165) is 35.6 Å². The number of rotatable bonds is 7. The lowest BCUT2D eigenvalue weighted by molar-refractivity contribution is 0.213. The Kier molecular flexibility index (Phi) is 5.73. The number of carbonyl (C=O) groups excluding carboxylic acids is 1. The third kappa shape index (κ3) is 5.09. The van der Waals surface area contributed by atoms with Gasteiger partial charge in [0, 0.05) is 35.9 Å². The third-order valence-electron chi connectivity index (χ3n) is 5.15. The second-order valence-corrected chi connectivity index (χ2v) is 7.97. The topological polar surface area (TPSA) is 132 Å². The Morgan fingerprint density at radius 3 is 2.74 bits per heavy atom. The number of hydrogen-bond donors (Lipinski definition) is 3. The molecule has 11 heteroatoms. The lowest BCUT2D eigenvalue weighted by Crippen LogP contribution is -2.17. The van der Waals surface area contributed by atoms with Crippen molar-refractivity contribution in [3.8, 4) is 11.7 Å². The van der Waals surface area contributed by atoms with Gasteiger partial charge in [-0.3, -0.25) is 14.9 Å². The molecule has 1 aliphatic carbocycles. The molecule has 3 N–H and O–H groups in total. The second kappa shape index (κ2) is 9.14. The van der Waals surface area contributed by atoms with Crippen molar-refractivity contribution in [2.45, 2.75) is 32.7 Å². The van der Waals surface area contributed by atoms with Crippen molar-refractivity contribution in [3.63, 3.8) is 0 Å². The molecule has 1 saturated carbocycles. The fraction of sp³-hybridized carbons (Fsp3) is 0.217. The molecule has 1 aromatic carbocycles. The van der Waals surface area contributed by atoms with Crippen LogP contribution in [0, 0.1) is 13.8 Å². The molecule has 1 amide bonds. The fourth-order valence-corrected chi connectivity index (χ4v) is 3.20. The smallest absolute Gasteiger partial charge is 0.389 e. The molecular weight excluding hydrogens is 434 g/mol. The summed E-state index contributed by atoms with van der Waals surface area (Å²) in [6, 6.07) is 7.86. The zero-order valence-corrected chi connectivity index (χ0v) is 18.7. The number of imidazole rings is 1. The molecule has 5 rings (SSSR count). The SMILES string of the molecule is Cc1cnc(OC(=O)Nc2ccc(C)c(Nc3nccn3-c3cc(NC4CC4)ncn3)c2)cn1. The van der Waals surface area contributed by atoms with Crippen molar-refractivity contribution >= 4 is 29.2 Å². The van der Waals surface area contributed by atoms with Crippen LogP contribution in [0.4, 0.5) is 27.9 Å². The quantitative estimate of drug-likeness (QED) is 0.377. The van der Waals surface area contributed by atoms with Crippen LogP contribution in [-0.2, 0) is 0 Å². The number of amides is 1. The summed E-state index contributed by atoms with van der Waals surface area (Å²) in [4.78, 5) is 33.5. The van der Waals surface area contributed by atoms with Crippen LogP contribution in [0.5, 0.6) is 5.88 Å². The van der Waals surface area contributed by atoms with Crippen molar-refractivity contribution in [1.82, 2.24) is 29.5 Å². The molecule has 11 nitrogen and oxygen atoms in total. The maximum Gasteiger partial charge on any atom is 0.418 e. The molecule has 0 bridgehead atoms. The number of benzene rings is 1. The highest BCUT2D eigenvalue weighted by Gasteiger charge is 2.21. The normalized spacial score (nSPS) is 12.8. The molecule has 1 aliphatic rings. The Morgan fingerprint density at radius 2 is 1.94 bits per heavy atom. The molecule has 3 heterocycles. The van der Waals surface area contributed by atoms with E-state index in [1.807, 2.05) is 29.8 Å². The summed E-state index contributed by atoms with van der Waals surface area (Å²) < 4.78 is 7.03. The minimum Gasteiger partial charge on any atom is -0.389 e.